The van der Waals surface area contributed by atoms with E-state index < -0.39 is 5.97 Å². The summed E-state index contributed by atoms with van der Waals surface area (Å²) in [5.41, 5.74) is 0. The standard InChI is InChI=1S/C22H34O4/c23-19(16-8-4-3-5-9-16)13-12-18-17(20-14-15-21(18)26-20)10-6-1-2-7-11-22(24)25/h1,6-7,11,16-21,23H,2-5,8-10,12-15H2,(H,24,25)/b6-1-,11-7+/t17-,18+,19?,20-,21+/m0/s1. The number of ether oxygens (including phenoxy) is 1. The number of carboxylic acid groups (broad SMARTS) is 1. The second kappa shape index (κ2) is 9.70. The van der Waals surface area contributed by atoms with Crippen LogP contribution in [0.3, 0.4) is 0 Å². The first-order chi connectivity index (χ1) is 12.6. The van der Waals surface area contributed by atoms with Crippen molar-refractivity contribution in [3.63, 3.8) is 0 Å². The first-order valence-corrected chi connectivity index (χ1v) is 10.5. The van der Waals surface area contributed by atoms with E-state index in [0.717, 1.165) is 19.3 Å². The smallest absolute Gasteiger partial charge is 0.327 e. The highest BCUT2D eigenvalue weighted by Gasteiger charge is 2.47. The molecule has 3 rings (SSSR count). The minimum Gasteiger partial charge on any atom is -0.478 e. The number of aliphatic hydroxyl groups is 1. The van der Waals surface area contributed by atoms with Gasteiger partial charge < -0.3 is 14.9 Å². The van der Waals surface area contributed by atoms with Gasteiger partial charge in [0, 0.05) is 6.08 Å². The minimum absolute atomic E-state index is 0.133. The summed E-state index contributed by atoms with van der Waals surface area (Å²) in [6.07, 6.45) is 20.1. The third-order valence-corrected chi connectivity index (χ3v) is 6.69. The number of aliphatic hydroxyl groups excluding tert-OH is 1. The molecule has 1 saturated carbocycles. The Morgan fingerprint density at radius 2 is 1.73 bits per heavy atom. The van der Waals surface area contributed by atoms with E-state index in [2.05, 4.69) is 12.2 Å². The van der Waals surface area contributed by atoms with Gasteiger partial charge in [-0.2, -0.15) is 0 Å². The number of carbonyl (C=O) groups is 1. The first-order valence-electron chi connectivity index (χ1n) is 10.5. The van der Waals surface area contributed by atoms with Gasteiger partial charge in [0.2, 0.25) is 0 Å². The highest BCUT2D eigenvalue weighted by atomic mass is 16.5. The second-order valence-electron chi connectivity index (χ2n) is 8.34. The molecule has 1 unspecified atom stereocenters. The van der Waals surface area contributed by atoms with E-state index in [1.807, 2.05) is 0 Å². The van der Waals surface area contributed by atoms with Crippen molar-refractivity contribution in [2.75, 3.05) is 0 Å². The van der Waals surface area contributed by atoms with E-state index in [0.29, 0.717) is 36.4 Å². The van der Waals surface area contributed by atoms with Gasteiger partial charge >= 0.3 is 5.97 Å². The summed E-state index contributed by atoms with van der Waals surface area (Å²) in [4.78, 5) is 10.5. The molecule has 2 aliphatic heterocycles. The molecular weight excluding hydrogens is 328 g/mol. The minimum atomic E-state index is -0.892. The van der Waals surface area contributed by atoms with Crippen LogP contribution in [-0.2, 0) is 9.53 Å². The van der Waals surface area contributed by atoms with Gasteiger partial charge in [-0.25, -0.2) is 4.79 Å². The van der Waals surface area contributed by atoms with Crippen molar-refractivity contribution in [1.29, 1.82) is 0 Å². The number of fused-ring (bicyclic) bond motifs is 2. The Hall–Kier alpha value is -1.13. The molecule has 26 heavy (non-hydrogen) atoms. The van der Waals surface area contributed by atoms with Crippen molar-refractivity contribution >= 4 is 5.97 Å². The van der Waals surface area contributed by atoms with E-state index >= 15 is 0 Å². The second-order valence-corrected chi connectivity index (χ2v) is 8.34. The third-order valence-electron chi connectivity index (χ3n) is 6.69. The largest absolute Gasteiger partial charge is 0.478 e. The predicted molar refractivity (Wildman–Crippen MR) is 102 cm³/mol. The maximum atomic E-state index is 10.6. The summed E-state index contributed by atoms with van der Waals surface area (Å²) >= 11 is 0. The third kappa shape index (κ3) is 5.20. The average molecular weight is 363 g/mol. The van der Waals surface area contributed by atoms with Gasteiger partial charge in [-0.3, -0.25) is 0 Å². The van der Waals surface area contributed by atoms with Gasteiger partial charge in [0.1, 0.15) is 0 Å². The molecule has 2 saturated heterocycles. The molecule has 0 radical (unpaired) electrons. The van der Waals surface area contributed by atoms with Crippen molar-refractivity contribution in [3.05, 3.63) is 24.3 Å². The van der Waals surface area contributed by atoms with Gasteiger partial charge in [-0.15, -0.1) is 0 Å². The molecule has 3 aliphatic rings. The van der Waals surface area contributed by atoms with Crippen LogP contribution in [0, 0.1) is 17.8 Å². The molecule has 2 bridgehead atoms. The zero-order valence-corrected chi connectivity index (χ0v) is 15.8. The van der Waals surface area contributed by atoms with E-state index in [1.54, 1.807) is 6.08 Å². The van der Waals surface area contributed by atoms with Crippen LogP contribution in [0.1, 0.15) is 70.6 Å². The van der Waals surface area contributed by atoms with Gasteiger partial charge in [0.25, 0.3) is 0 Å². The maximum Gasteiger partial charge on any atom is 0.327 e. The molecule has 4 heteroatoms. The average Bonchev–Trinajstić information content (AvgIpc) is 3.24. The lowest BCUT2D eigenvalue weighted by molar-refractivity contribution is -0.131. The number of allylic oxidation sites excluding steroid dienone is 3. The molecule has 5 atom stereocenters. The van der Waals surface area contributed by atoms with Crippen LogP contribution in [0.4, 0.5) is 0 Å². The predicted octanol–water partition coefficient (Wildman–Crippen LogP) is 4.48. The van der Waals surface area contributed by atoms with Gasteiger partial charge in [-0.1, -0.05) is 37.5 Å². The zero-order chi connectivity index (χ0) is 18.4. The molecule has 1 aliphatic carbocycles. The quantitative estimate of drug-likeness (QED) is 0.469. The van der Waals surface area contributed by atoms with Crippen LogP contribution >= 0.6 is 0 Å². The van der Waals surface area contributed by atoms with Crippen LogP contribution in [0.5, 0.6) is 0 Å². The fourth-order valence-electron chi connectivity index (χ4n) is 5.31. The molecule has 2 N–H and O–H groups in total. The van der Waals surface area contributed by atoms with Crippen LogP contribution in [0.15, 0.2) is 24.3 Å². The molecule has 2 heterocycles. The van der Waals surface area contributed by atoms with E-state index in [9.17, 15) is 9.90 Å². The number of rotatable bonds is 9. The monoisotopic (exact) mass is 362 g/mol. The van der Waals surface area contributed by atoms with E-state index in [1.165, 1.54) is 51.0 Å². The normalized spacial score (nSPS) is 33.4. The number of carboxylic acids is 1. The summed E-state index contributed by atoms with van der Waals surface area (Å²) in [6, 6.07) is 0. The number of hydrogen-bond donors (Lipinski definition) is 2. The Morgan fingerprint density at radius 1 is 1.00 bits per heavy atom. The van der Waals surface area contributed by atoms with Crippen molar-refractivity contribution in [1.82, 2.24) is 0 Å². The summed E-state index contributed by atoms with van der Waals surface area (Å²) in [6.45, 7) is 0. The van der Waals surface area contributed by atoms with Gasteiger partial charge in [0.05, 0.1) is 18.3 Å². The van der Waals surface area contributed by atoms with Crippen molar-refractivity contribution < 1.29 is 19.7 Å². The fraction of sp³-hybridized carbons (Fsp3) is 0.773. The Kier molecular flexibility index (Phi) is 7.32. The Labute approximate surface area is 157 Å². The van der Waals surface area contributed by atoms with Crippen molar-refractivity contribution in [3.8, 4) is 0 Å². The van der Waals surface area contributed by atoms with Gasteiger partial charge in [-0.05, 0) is 69.1 Å². The Balaban J connectivity index is 1.45. The van der Waals surface area contributed by atoms with Crippen LogP contribution < -0.4 is 0 Å². The van der Waals surface area contributed by atoms with Gasteiger partial charge in [0.15, 0.2) is 0 Å². The topological polar surface area (TPSA) is 66.8 Å². The first kappa shape index (κ1) is 19.6. The highest BCUT2D eigenvalue weighted by Crippen LogP contribution is 2.47. The number of hydrogen-bond acceptors (Lipinski definition) is 3. The summed E-state index contributed by atoms with van der Waals surface area (Å²) in [5.74, 6) is 0.761. The Morgan fingerprint density at radius 3 is 2.46 bits per heavy atom. The maximum absolute atomic E-state index is 10.6. The lowest BCUT2D eigenvalue weighted by Gasteiger charge is -2.31. The molecule has 0 amide bonds. The Bertz CT molecular complexity index is 506. The lowest BCUT2D eigenvalue weighted by Crippen LogP contribution is -2.29. The van der Waals surface area contributed by atoms with E-state index in [4.69, 9.17) is 9.84 Å². The van der Waals surface area contributed by atoms with Crippen molar-refractivity contribution in [2.24, 2.45) is 17.8 Å². The summed E-state index contributed by atoms with van der Waals surface area (Å²) in [7, 11) is 0. The molecule has 3 fully saturated rings. The fourth-order valence-corrected chi connectivity index (χ4v) is 5.31. The number of aliphatic carboxylic acids is 1. The summed E-state index contributed by atoms with van der Waals surface area (Å²) in [5, 5.41) is 19.2. The van der Waals surface area contributed by atoms with Crippen LogP contribution in [0.2, 0.25) is 0 Å². The molecule has 0 spiro atoms. The van der Waals surface area contributed by atoms with Crippen LogP contribution in [0.25, 0.3) is 0 Å². The zero-order valence-electron chi connectivity index (χ0n) is 15.8. The van der Waals surface area contributed by atoms with E-state index in [-0.39, 0.29) is 6.10 Å². The highest BCUT2D eigenvalue weighted by molar-refractivity contribution is 5.79. The molecule has 0 aromatic heterocycles. The molecule has 4 nitrogen and oxygen atoms in total. The SMILES string of the molecule is O=C(O)/C=C/C/C=C\C[C@H]1[C@@H](CCC(O)C2CCCCC2)[C@H]2CC[C@@H]1O2. The molecule has 146 valence electrons. The molecular formula is C22H34O4. The van der Waals surface area contributed by atoms with Crippen LogP contribution in [-0.4, -0.2) is 34.5 Å². The lowest BCUT2D eigenvalue weighted by atomic mass is 9.74. The summed E-state index contributed by atoms with van der Waals surface area (Å²) < 4.78 is 6.18. The molecule has 0 aromatic rings. The van der Waals surface area contributed by atoms with Crippen molar-refractivity contribution in [2.45, 2.75) is 88.9 Å². The molecule has 0 aromatic carbocycles.